The number of rotatable bonds is 5. The van der Waals surface area contributed by atoms with Gasteiger partial charge in [0.05, 0.1) is 14.2 Å². The summed E-state index contributed by atoms with van der Waals surface area (Å²) in [5.41, 5.74) is 0.956. The fraction of sp³-hybridized carbons (Fsp3) is 0.652. The number of fused-ring (bicyclic) bond motifs is 2. The van der Waals surface area contributed by atoms with Crippen molar-refractivity contribution in [2.24, 2.45) is 23.7 Å². The minimum Gasteiger partial charge on any atom is -0.496 e. The molecule has 1 heterocycles. The molecule has 26 heavy (non-hydrogen) atoms. The Morgan fingerprint density at radius 2 is 1.88 bits per heavy atom. The lowest BCUT2D eigenvalue weighted by molar-refractivity contribution is 0.00847. The molecule has 144 valence electrons. The number of methoxy groups -OCH3 is 2. The van der Waals surface area contributed by atoms with Crippen LogP contribution in [0.3, 0.4) is 0 Å². The first-order valence-electron chi connectivity index (χ1n) is 9.93. The lowest BCUT2D eigenvalue weighted by atomic mass is 9.63. The van der Waals surface area contributed by atoms with Gasteiger partial charge in [0.15, 0.2) is 0 Å². The van der Waals surface area contributed by atoms with Gasteiger partial charge < -0.3 is 14.2 Å². The van der Waals surface area contributed by atoms with Crippen LogP contribution in [0.4, 0.5) is 0 Å². The molecule has 3 heteroatoms. The van der Waals surface area contributed by atoms with Gasteiger partial charge in [0, 0.05) is 23.6 Å². The fourth-order valence-electron chi connectivity index (χ4n) is 4.75. The van der Waals surface area contributed by atoms with Gasteiger partial charge in [0.25, 0.3) is 0 Å². The molecule has 3 rings (SSSR count). The minimum atomic E-state index is -0.269. The molecule has 3 nitrogen and oxygen atoms in total. The van der Waals surface area contributed by atoms with Crippen LogP contribution in [0.2, 0.25) is 0 Å². The first kappa shape index (κ1) is 19.1. The van der Waals surface area contributed by atoms with Crippen LogP contribution in [0, 0.1) is 23.7 Å². The standard InChI is InChI=1S/C23H34O3/c1-14(2)10-18-19-11-16(15(3)4)8-9-23(19,5)26-21-13-17(24-6)12-20(25-7)22(18)21/h8-9,12-16,18-19H,10-11H2,1-7H3/t16-,18?,19-,23-/m1/s1. The molecule has 0 saturated carbocycles. The number of hydrogen-bond acceptors (Lipinski definition) is 3. The number of ether oxygens (including phenoxy) is 3. The van der Waals surface area contributed by atoms with E-state index in [9.17, 15) is 0 Å². The molecule has 0 radical (unpaired) electrons. The van der Waals surface area contributed by atoms with Crippen LogP contribution in [0.15, 0.2) is 24.3 Å². The summed E-state index contributed by atoms with van der Waals surface area (Å²) < 4.78 is 17.9. The molecular formula is C23H34O3. The van der Waals surface area contributed by atoms with E-state index in [2.05, 4.69) is 46.8 Å². The van der Waals surface area contributed by atoms with Crippen molar-refractivity contribution in [1.29, 1.82) is 0 Å². The molecule has 1 aliphatic heterocycles. The van der Waals surface area contributed by atoms with Crippen molar-refractivity contribution in [3.8, 4) is 17.2 Å². The first-order chi connectivity index (χ1) is 12.3. The van der Waals surface area contributed by atoms with Crippen molar-refractivity contribution in [3.63, 3.8) is 0 Å². The molecule has 0 N–H and O–H groups in total. The second-order valence-electron chi connectivity index (χ2n) is 8.87. The Kier molecular flexibility index (Phi) is 5.28. The highest BCUT2D eigenvalue weighted by Gasteiger charge is 2.49. The number of hydrogen-bond donors (Lipinski definition) is 0. The van der Waals surface area contributed by atoms with Crippen LogP contribution in [-0.4, -0.2) is 19.8 Å². The Morgan fingerprint density at radius 3 is 2.46 bits per heavy atom. The molecule has 1 unspecified atom stereocenters. The summed E-state index contributed by atoms with van der Waals surface area (Å²) in [4.78, 5) is 0. The largest absolute Gasteiger partial charge is 0.496 e. The molecule has 0 fully saturated rings. The average molecular weight is 359 g/mol. The van der Waals surface area contributed by atoms with Crippen molar-refractivity contribution in [1.82, 2.24) is 0 Å². The predicted molar refractivity (Wildman–Crippen MR) is 106 cm³/mol. The van der Waals surface area contributed by atoms with Gasteiger partial charge in [0.1, 0.15) is 22.8 Å². The van der Waals surface area contributed by atoms with E-state index < -0.39 is 0 Å². The SMILES string of the molecule is COc1cc(OC)c2c(c1)O[C@]1(C)C=C[C@@H](C(C)C)C[C@@H]1C2CC(C)C. The summed E-state index contributed by atoms with van der Waals surface area (Å²) in [6.07, 6.45) is 6.98. The number of allylic oxidation sites excluding steroid dienone is 1. The zero-order valence-electron chi connectivity index (χ0n) is 17.3. The predicted octanol–water partition coefficient (Wildman–Crippen LogP) is 5.83. The summed E-state index contributed by atoms with van der Waals surface area (Å²) in [7, 11) is 3.43. The van der Waals surface area contributed by atoms with Gasteiger partial charge in [-0.25, -0.2) is 0 Å². The van der Waals surface area contributed by atoms with Gasteiger partial charge in [-0.05, 0) is 49.5 Å². The Bertz CT molecular complexity index is 676. The molecule has 0 bridgehead atoms. The van der Waals surface area contributed by atoms with Crippen LogP contribution in [0.5, 0.6) is 17.2 Å². The van der Waals surface area contributed by atoms with E-state index in [1.807, 2.05) is 12.1 Å². The molecule has 1 aromatic rings. The monoisotopic (exact) mass is 358 g/mol. The van der Waals surface area contributed by atoms with Crippen molar-refractivity contribution in [2.75, 3.05) is 14.2 Å². The highest BCUT2D eigenvalue weighted by molar-refractivity contribution is 5.55. The van der Waals surface area contributed by atoms with Gasteiger partial charge >= 0.3 is 0 Å². The van der Waals surface area contributed by atoms with Crippen molar-refractivity contribution in [3.05, 3.63) is 29.8 Å². The molecule has 0 aromatic heterocycles. The highest BCUT2D eigenvalue weighted by atomic mass is 16.5. The van der Waals surface area contributed by atoms with Crippen LogP contribution < -0.4 is 14.2 Å². The molecule has 2 aliphatic rings. The molecule has 1 aromatic carbocycles. The average Bonchev–Trinajstić information content (AvgIpc) is 2.58. The van der Waals surface area contributed by atoms with Gasteiger partial charge in [-0.1, -0.05) is 33.8 Å². The van der Waals surface area contributed by atoms with E-state index in [0.717, 1.165) is 30.1 Å². The third kappa shape index (κ3) is 3.33. The lowest BCUT2D eigenvalue weighted by Gasteiger charge is -2.50. The third-order valence-electron chi connectivity index (χ3n) is 6.24. The van der Waals surface area contributed by atoms with Crippen molar-refractivity contribution < 1.29 is 14.2 Å². The highest BCUT2D eigenvalue weighted by Crippen LogP contribution is 2.56. The Hall–Kier alpha value is -1.64. The third-order valence-corrected chi connectivity index (χ3v) is 6.24. The van der Waals surface area contributed by atoms with E-state index in [4.69, 9.17) is 14.2 Å². The molecule has 0 saturated heterocycles. The summed E-state index contributed by atoms with van der Waals surface area (Å²) in [5.74, 6) is 5.34. The topological polar surface area (TPSA) is 27.7 Å². The first-order valence-corrected chi connectivity index (χ1v) is 9.93. The second-order valence-corrected chi connectivity index (χ2v) is 8.87. The Labute approximate surface area is 158 Å². The second kappa shape index (κ2) is 7.17. The smallest absolute Gasteiger partial charge is 0.131 e. The normalized spacial score (nSPS) is 30.0. The van der Waals surface area contributed by atoms with E-state index >= 15 is 0 Å². The van der Waals surface area contributed by atoms with Crippen LogP contribution >= 0.6 is 0 Å². The summed E-state index contributed by atoms with van der Waals surface area (Å²) in [5, 5.41) is 0. The van der Waals surface area contributed by atoms with E-state index in [0.29, 0.717) is 29.6 Å². The zero-order valence-corrected chi connectivity index (χ0v) is 17.3. The lowest BCUT2D eigenvalue weighted by Crippen LogP contribution is -2.49. The van der Waals surface area contributed by atoms with Gasteiger partial charge in [-0.15, -0.1) is 0 Å². The van der Waals surface area contributed by atoms with E-state index in [1.54, 1.807) is 14.2 Å². The maximum Gasteiger partial charge on any atom is 0.131 e. The molecule has 1 aliphatic carbocycles. The quantitative estimate of drug-likeness (QED) is 0.620. The maximum atomic E-state index is 6.60. The Balaban J connectivity index is 2.13. The van der Waals surface area contributed by atoms with Gasteiger partial charge in [0.2, 0.25) is 0 Å². The molecule has 0 amide bonds. The van der Waals surface area contributed by atoms with E-state index in [-0.39, 0.29) is 5.60 Å². The van der Waals surface area contributed by atoms with Crippen LogP contribution in [-0.2, 0) is 0 Å². The Morgan fingerprint density at radius 1 is 1.15 bits per heavy atom. The van der Waals surface area contributed by atoms with Crippen LogP contribution in [0.1, 0.15) is 58.9 Å². The van der Waals surface area contributed by atoms with E-state index in [1.165, 1.54) is 5.56 Å². The van der Waals surface area contributed by atoms with Crippen molar-refractivity contribution >= 4 is 0 Å². The fourth-order valence-corrected chi connectivity index (χ4v) is 4.75. The molecule has 4 atom stereocenters. The minimum absolute atomic E-state index is 0.269. The molecule has 0 spiro atoms. The summed E-state index contributed by atoms with van der Waals surface area (Å²) >= 11 is 0. The zero-order chi connectivity index (χ0) is 19.1. The van der Waals surface area contributed by atoms with Crippen molar-refractivity contribution in [2.45, 2.75) is 59.0 Å². The summed E-state index contributed by atoms with van der Waals surface area (Å²) in [6, 6.07) is 4.02. The summed E-state index contributed by atoms with van der Waals surface area (Å²) in [6.45, 7) is 11.5. The molecular weight excluding hydrogens is 324 g/mol. The van der Waals surface area contributed by atoms with Crippen LogP contribution in [0.25, 0.3) is 0 Å². The number of benzene rings is 1. The van der Waals surface area contributed by atoms with Gasteiger partial charge in [-0.2, -0.15) is 0 Å². The van der Waals surface area contributed by atoms with Gasteiger partial charge in [-0.3, -0.25) is 0 Å². The maximum absolute atomic E-state index is 6.60.